The number of anilines is 2. The highest BCUT2D eigenvalue weighted by molar-refractivity contribution is 9.10. The molecule has 0 aliphatic heterocycles. The molecule has 0 atom stereocenters. The summed E-state index contributed by atoms with van der Waals surface area (Å²) in [6.07, 6.45) is 4.29. The molecule has 0 aliphatic rings. The first-order valence-corrected chi connectivity index (χ1v) is 7.53. The van der Waals surface area contributed by atoms with Gasteiger partial charge in [0.2, 0.25) is 0 Å². The van der Waals surface area contributed by atoms with Gasteiger partial charge in [-0.1, -0.05) is 6.92 Å². The number of hydrogen-bond donors (Lipinski definition) is 2. The molecule has 2 aromatic heterocycles. The number of hydrogen-bond acceptors (Lipinski definition) is 4. The van der Waals surface area contributed by atoms with Crippen LogP contribution in [0.3, 0.4) is 0 Å². The third kappa shape index (κ3) is 4.26. The maximum atomic E-state index is 12.2. The largest absolute Gasteiger partial charge is 0.385 e. The van der Waals surface area contributed by atoms with Crippen molar-refractivity contribution in [1.82, 2.24) is 9.97 Å². The third-order valence-corrected chi connectivity index (χ3v) is 3.28. The fourth-order valence-electron chi connectivity index (χ4n) is 1.78. The van der Waals surface area contributed by atoms with Crippen LogP contribution in [0.5, 0.6) is 0 Å². The highest BCUT2D eigenvalue weighted by Gasteiger charge is 2.11. The van der Waals surface area contributed by atoms with E-state index in [0.29, 0.717) is 11.5 Å². The van der Waals surface area contributed by atoms with Gasteiger partial charge in [-0.15, -0.1) is 0 Å². The number of amides is 1. The minimum absolute atomic E-state index is 0.270. The molecule has 1 amide bonds. The summed E-state index contributed by atoms with van der Waals surface area (Å²) >= 11 is 3.35. The van der Waals surface area contributed by atoms with Crippen LogP contribution >= 0.6 is 15.9 Å². The predicted molar refractivity (Wildman–Crippen MR) is 87.6 cm³/mol. The Morgan fingerprint density at radius 2 is 2.14 bits per heavy atom. The van der Waals surface area contributed by atoms with Crippen molar-refractivity contribution < 1.29 is 4.79 Å². The average molecular weight is 349 g/mol. The van der Waals surface area contributed by atoms with Gasteiger partial charge in [0.15, 0.2) is 0 Å². The topological polar surface area (TPSA) is 66.9 Å². The van der Waals surface area contributed by atoms with Crippen LogP contribution in [0.1, 0.15) is 29.4 Å². The molecule has 6 heteroatoms. The Bertz CT molecular complexity index is 645. The van der Waals surface area contributed by atoms with E-state index < -0.39 is 0 Å². The average Bonchev–Trinajstić information content (AvgIpc) is 2.48. The Hall–Kier alpha value is -1.95. The molecule has 110 valence electrons. The first kappa shape index (κ1) is 15.4. The Balaban J connectivity index is 2.12. The molecule has 0 aromatic carbocycles. The van der Waals surface area contributed by atoms with Gasteiger partial charge in [-0.05, 0) is 53.0 Å². The Morgan fingerprint density at radius 3 is 2.86 bits per heavy atom. The molecule has 2 rings (SSSR count). The number of aromatic nitrogens is 2. The van der Waals surface area contributed by atoms with Crippen LogP contribution < -0.4 is 10.6 Å². The fraction of sp³-hybridized carbons (Fsp3) is 0.267. The molecule has 0 radical (unpaired) electrons. The Kier molecular flexibility index (Phi) is 5.27. The second-order valence-corrected chi connectivity index (χ2v) is 5.55. The summed E-state index contributed by atoms with van der Waals surface area (Å²) in [7, 11) is 0. The zero-order valence-electron chi connectivity index (χ0n) is 12.0. The summed E-state index contributed by atoms with van der Waals surface area (Å²) in [6.45, 7) is 4.84. The van der Waals surface area contributed by atoms with E-state index >= 15 is 0 Å². The first-order chi connectivity index (χ1) is 10.1. The van der Waals surface area contributed by atoms with Gasteiger partial charge in [-0.3, -0.25) is 9.78 Å². The van der Waals surface area contributed by atoms with Crippen molar-refractivity contribution in [3.8, 4) is 0 Å². The van der Waals surface area contributed by atoms with Crippen molar-refractivity contribution in [2.45, 2.75) is 20.3 Å². The molecule has 0 bridgehead atoms. The maximum absolute atomic E-state index is 12.2. The van der Waals surface area contributed by atoms with Crippen LogP contribution in [0.15, 0.2) is 35.1 Å². The first-order valence-electron chi connectivity index (χ1n) is 6.73. The molecule has 5 nitrogen and oxygen atoms in total. The lowest BCUT2D eigenvalue weighted by Gasteiger charge is -2.09. The van der Waals surface area contributed by atoms with Gasteiger partial charge in [0.1, 0.15) is 11.5 Å². The predicted octanol–water partition coefficient (Wildman–Crippen LogP) is 3.62. The van der Waals surface area contributed by atoms with Crippen LogP contribution in [0.25, 0.3) is 0 Å². The number of nitrogens with zero attached hydrogens (tertiary/aromatic N) is 2. The van der Waals surface area contributed by atoms with Crippen molar-refractivity contribution in [3.63, 3.8) is 0 Å². The standard InChI is InChI=1S/C15H17BrN4O/c1-3-5-17-12-4-6-18-13(8-12)15(21)20-14-10(2)7-11(16)9-19-14/h4,6-9H,3,5H2,1-2H3,(H,17,18)(H,19,20,21). The van der Waals surface area contributed by atoms with Crippen LogP contribution in [0, 0.1) is 6.92 Å². The molecule has 2 aromatic rings. The molecule has 0 saturated carbocycles. The van der Waals surface area contributed by atoms with Crippen molar-refractivity contribution in [3.05, 3.63) is 46.3 Å². The lowest BCUT2D eigenvalue weighted by atomic mass is 10.2. The van der Waals surface area contributed by atoms with Crippen molar-refractivity contribution >= 4 is 33.3 Å². The van der Waals surface area contributed by atoms with Gasteiger partial charge in [-0.2, -0.15) is 0 Å². The lowest BCUT2D eigenvalue weighted by Crippen LogP contribution is -2.15. The molecule has 0 unspecified atom stereocenters. The molecule has 2 heterocycles. The van der Waals surface area contributed by atoms with E-state index in [4.69, 9.17) is 0 Å². The van der Waals surface area contributed by atoms with Crippen LogP contribution in [-0.4, -0.2) is 22.4 Å². The summed E-state index contributed by atoms with van der Waals surface area (Å²) in [4.78, 5) is 20.5. The third-order valence-electron chi connectivity index (χ3n) is 2.85. The van der Waals surface area contributed by atoms with Crippen LogP contribution in [0.4, 0.5) is 11.5 Å². The SMILES string of the molecule is CCCNc1ccnc(C(=O)Nc2ncc(Br)cc2C)c1. The van der Waals surface area contributed by atoms with Gasteiger partial charge in [0.25, 0.3) is 5.91 Å². The molecule has 2 N–H and O–H groups in total. The molecule has 0 spiro atoms. The number of rotatable bonds is 5. The second-order valence-electron chi connectivity index (χ2n) is 4.63. The second kappa shape index (κ2) is 7.17. The Labute approximate surface area is 132 Å². The molecule has 0 fully saturated rings. The quantitative estimate of drug-likeness (QED) is 0.865. The molecule has 21 heavy (non-hydrogen) atoms. The van der Waals surface area contributed by atoms with Gasteiger partial charge < -0.3 is 10.6 Å². The minimum Gasteiger partial charge on any atom is -0.385 e. The number of carbonyl (C=O) groups excluding carboxylic acids is 1. The number of halogens is 1. The zero-order chi connectivity index (χ0) is 15.2. The number of pyridine rings is 2. The zero-order valence-corrected chi connectivity index (χ0v) is 13.6. The normalized spacial score (nSPS) is 10.2. The van der Waals surface area contributed by atoms with Gasteiger partial charge >= 0.3 is 0 Å². The van der Waals surface area contributed by atoms with E-state index in [1.807, 2.05) is 19.1 Å². The maximum Gasteiger partial charge on any atom is 0.275 e. The van der Waals surface area contributed by atoms with E-state index in [9.17, 15) is 4.79 Å². The lowest BCUT2D eigenvalue weighted by molar-refractivity contribution is 0.102. The van der Waals surface area contributed by atoms with E-state index in [1.54, 1.807) is 18.5 Å². The molecular formula is C15H17BrN4O. The molecular weight excluding hydrogens is 332 g/mol. The Morgan fingerprint density at radius 1 is 1.33 bits per heavy atom. The van der Waals surface area contributed by atoms with E-state index in [0.717, 1.165) is 28.7 Å². The number of carbonyl (C=O) groups is 1. The summed E-state index contributed by atoms with van der Waals surface area (Å²) in [5.74, 6) is 0.269. The monoisotopic (exact) mass is 348 g/mol. The van der Waals surface area contributed by atoms with Crippen LogP contribution in [-0.2, 0) is 0 Å². The van der Waals surface area contributed by atoms with E-state index in [2.05, 4.69) is 43.5 Å². The highest BCUT2D eigenvalue weighted by Crippen LogP contribution is 2.17. The highest BCUT2D eigenvalue weighted by atomic mass is 79.9. The molecule has 0 aliphatic carbocycles. The number of nitrogens with one attached hydrogen (secondary N) is 2. The summed E-state index contributed by atoms with van der Waals surface area (Å²) < 4.78 is 0.877. The van der Waals surface area contributed by atoms with Crippen molar-refractivity contribution in [2.24, 2.45) is 0 Å². The van der Waals surface area contributed by atoms with Crippen molar-refractivity contribution in [2.75, 3.05) is 17.2 Å². The summed E-state index contributed by atoms with van der Waals surface area (Å²) in [6, 6.07) is 5.48. The molecule has 0 saturated heterocycles. The summed E-state index contributed by atoms with van der Waals surface area (Å²) in [5, 5.41) is 6.01. The smallest absolute Gasteiger partial charge is 0.275 e. The fourth-order valence-corrected chi connectivity index (χ4v) is 2.22. The van der Waals surface area contributed by atoms with Crippen LogP contribution in [0.2, 0.25) is 0 Å². The summed E-state index contributed by atoms with van der Waals surface area (Å²) in [5.41, 5.74) is 2.13. The number of aryl methyl sites for hydroxylation is 1. The van der Waals surface area contributed by atoms with Gasteiger partial charge in [-0.25, -0.2) is 4.98 Å². The minimum atomic E-state index is -0.270. The van der Waals surface area contributed by atoms with Gasteiger partial charge in [0.05, 0.1) is 0 Å². The van der Waals surface area contributed by atoms with Gasteiger partial charge in [0, 0.05) is 29.1 Å². The van der Waals surface area contributed by atoms with E-state index in [1.165, 1.54) is 0 Å². The van der Waals surface area contributed by atoms with Crippen molar-refractivity contribution in [1.29, 1.82) is 0 Å². The van der Waals surface area contributed by atoms with E-state index in [-0.39, 0.29) is 5.91 Å².